The highest BCUT2D eigenvalue weighted by Crippen LogP contribution is 2.22. The molecule has 0 bridgehead atoms. The Hall–Kier alpha value is -1.61. The number of aromatic nitrogens is 2. The second-order valence-corrected chi connectivity index (χ2v) is 4.64. The molecule has 0 saturated heterocycles. The van der Waals surface area contributed by atoms with Crippen LogP contribution in [0.4, 0.5) is 5.82 Å². The maximum atomic E-state index is 5.85. The van der Waals surface area contributed by atoms with Gasteiger partial charge in [-0.1, -0.05) is 25.4 Å². The molecule has 1 heterocycles. The molecule has 0 amide bonds. The second-order valence-electron chi connectivity index (χ2n) is 4.20. The Bertz CT molecular complexity index is 521. The minimum absolute atomic E-state index is 0.325. The van der Waals surface area contributed by atoms with E-state index in [0.717, 1.165) is 11.3 Å². The molecule has 88 valence electrons. The molecule has 17 heavy (non-hydrogen) atoms. The molecule has 1 aromatic carbocycles. The van der Waals surface area contributed by atoms with Gasteiger partial charge in [0.05, 0.1) is 0 Å². The largest absolute Gasteiger partial charge is 0.384 e. The van der Waals surface area contributed by atoms with Crippen LogP contribution in [0.3, 0.4) is 0 Å². The van der Waals surface area contributed by atoms with Crippen molar-refractivity contribution in [1.82, 2.24) is 9.97 Å². The van der Waals surface area contributed by atoms with E-state index in [1.165, 1.54) is 0 Å². The summed E-state index contributed by atoms with van der Waals surface area (Å²) in [6, 6.07) is 9.23. The van der Waals surface area contributed by atoms with E-state index in [9.17, 15) is 0 Å². The van der Waals surface area contributed by atoms with Crippen molar-refractivity contribution in [2.75, 3.05) is 5.73 Å². The van der Waals surface area contributed by atoms with Gasteiger partial charge in [0.2, 0.25) is 0 Å². The minimum atomic E-state index is 0.325. The van der Waals surface area contributed by atoms with Gasteiger partial charge in [0.25, 0.3) is 0 Å². The molecule has 0 aliphatic rings. The number of hydrogen-bond donors (Lipinski definition) is 1. The molecular formula is C13H14ClN3. The van der Waals surface area contributed by atoms with Crippen LogP contribution in [-0.2, 0) is 0 Å². The topological polar surface area (TPSA) is 51.8 Å². The number of anilines is 1. The van der Waals surface area contributed by atoms with Crippen LogP contribution >= 0.6 is 11.6 Å². The number of hydrogen-bond acceptors (Lipinski definition) is 3. The minimum Gasteiger partial charge on any atom is -0.384 e. The van der Waals surface area contributed by atoms with E-state index in [4.69, 9.17) is 17.3 Å². The molecule has 3 nitrogen and oxygen atoms in total. The average Bonchev–Trinajstić information content (AvgIpc) is 2.29. The first-order chi connectivity index (χ1) is 8.06. The average molecular weight is 248 g/mol. The first kappa shape index (κ1) is 11.9. The van der Waals surface area contributed by atoms with Gasteiger partial charge in [-0.25, -0.2) is 9.97 Å². The predicted octanol–water partition coefficient (Wildman–Crippen LogP) is 3.50. The smallest absolute Gasteiger partial charge is 0.161 e. The van der Waals surface area contributed by atoms with Crippen LogP contribution in [-0.4, -0.2) is 9.97 Å². The van der Waals surface area contributed by atoms with E-state index in [1.54, 1.807) is 0 Å². The Morgan fingerprint density at radius 2 is 1.76 bits per heavy atom. The molecule has 2 rings (SSSR count). The SMILES string of the molecule is CC(C)c1cc(N)nc(-c2ccc(Cl)cc2)n1. The van der Waals surface area contributed by atoms with Gasteiger partial charge in [-0.15, -0.1) is 0 Å². The first-order valence-electron chi connectivity index (χ1n) is 5.46. The fourth-order valence-electron chi connectivity index (χ4n) is 1.51. The zero-order valence-corrected chi connectivity index (χ0v) is 10.6. The van der Waals surface area contributed by atoms with E-state index in [2.05, 4.69) is 23.8 Å². The van der Waals surface area contributed by atoms with E-state index in [0.29, 0.717) is 22.6 Å². The van der Waals surface area contributed by atoms with Crippen molar-refractivity contribution >= 4 is 17.4 Å². The third-order valence-corrected chi connectivity index (χ3v) is 2.71. The number of nitrogens with two attached hydrogens (primary N) is 1. The van der Waals surface area contributed by atoms with Crippen LogP contribution < -0.4 is 5.73 Å². The van der Waals surface area contributed by atoms with Crippen molar-refractivity contribution in [2.24, 2.45) is 0 Å². The van der Waals surface area contributed by atoms with Crippen LogP contribution in [0, 0.1) is 0 Å². The van der Waals surface area contributed by atoms with Crippen LogP contribution in [0.1, 0.15) is 25.5 Å². The monoisotopic (exact) mass is 247 g/mol. The zero-order valence-electron chi connectivity index (χ0n) is 9.81. The summed E-state index contributed by atoms with van der Waals surface area (Å²) in [5.41, 5.74) is 7.65. The molecule has 0 unspecified atom stereocenters. The summed E-state index contributed by atoms with van der Waals surface area (Å²) < 4.78 is 0. The summed E-state index contributed by atoms with van der Waals surface area (Å²) in [6.45, 7) is 4.15. The fourth-order valence-corrected chi connectivity index (χ4v) is 1.64. The van der Waals surface area contributed by atoms with Crippen molar-refractivity contribution in [3.05, 3.63) is 41.0 Å². The third kappa shape index (κ3) is 2.74. The number of halogens is 1. The molecule has 0 saturated carbocycles. The van der Waals surface area contributed by atoms with Crippen LogP contribution in [0.2, 0.25) is 5.02 Å². The summed E-state index contributed by atoms with van der Waals surface area (Å²) in [4.78, 5) is 8.74. The van der Waals surface area contributed by atoms with Crippen LogP contribution in [0.25, 0.3) is 11.4 Å². The molecule has 0 aliphatic heterocycles. The Kier molecular flexibility index (Phi) is 3.29. The van der Waals surface area contributed by atoms with Gasteiger partial charge in [0.1, 0.15) is 5.82 Å². The number of nitrogen functional groups attached to an aromatic ring is 1. The standard InChI is InChI=1S/C13H14ClN3/c1-8(2)11-7-12(15)17-13(16-11)9-3-5-10(14)6-4-9/h3-8H,1-2H3,(H2,15,16,17). The van der Waals surface area contributed by atoms with E-state index < -0.39 is 0 Å². The maximum absolute atomic E-state index is 5.85. The predicted molar refractivity (Wildman–Crippen MR) is 71.0 cm³/mol. The summed E-state index contributed by atoms with van der Waals surface area (Å²) in [5, 5.41) is 0.696. The Morgan fingerprint density at radius 1 is 1.12 bits per heavy atom. The summed E-state index contributed by atoms with van der Waals surface area (Å²) in [5.74, 6) is 1.46. The van der Waals surface area contributed by atoms with Gasteiger partial charge < -0.3 is 5.73 Å². The van der Waals surface area contributed by atoms with Gasteiger partial charge in [-0.2, -0.15) is 0 Å². The molecule has 0 aliphatic carbocycles. The maximum Gasteiger partial charge on any atom is 0.161 e. The lowest BCUT2D eigenvalue weighted by atomic mass is 10.1. The molecule has 0 atom stereocenters. The highest BCUT2D eigenvalue weighted by molar-refractivity contribution is 6.30. The third-order valence-electron chi connectivity index (χ3n) is 2.46. The molecule has 0 fully saturated rings. The quantitative estimate of drug-likeness (QED) is 0.884. The van der Waals surface area contributed by atoms with Crippen molar-refractivity contribution in [1.29, 1.82) is 0 Å². The van der Waals surface area contributed by atoms with Gasteiger partial charge in [0, 0.05) is 22.3 Å². The lowest BCUT2D eigenvalue weighted by molar-refractivity contribution is 0.818. The summed E-state index contributed by atoms with van der Waals surface area (Å²) in [7, 11) is 0. The van der Waals surface area contributed by atoms with Gasteiger partial charge >= 0.3 is 0 Å². The van der Waals surface area contributed by atoms with Crippen molar-refractivity contribution in [3.63, 3.8) is 0 Å². The van der Waals surface area contributed by atoms with Crippen molar-refractivity contribution < 1.29 is 0 Å². The Balaban J connectivity index is 2.48. The molecule has 4 heteroatoms. The van der Waals surface area contributed by atoms with Crippen molar-refractivity contribution in [2.45, 2.75) is 19.8 Å². The molecule has 1 aromatic heterocycles. The zero-order chi connectivity index (χ0) is 12.4. The highest BCUT2D eigenvalue weighted by atomic mass is 35.5. The van der Waals surface area contributed by atoms with Gasteiger partial charge in [-0.3, -0.25) is 0 Å². The first-order valence-corrected chi connectivity index (χ1v) is 5.84. The Morgan fingerprint density at radius 3 is 2.35 bits per heavy atom. The molecule has 2 N–H and O–H groups in total. The lowest BCUT2D eigenvalue weighted by Crippen LogP contribution is -2.01. The highest BCUT2D eigenvalue weighted by Gasteiger charge is 2.07. The normalized spacial score (nSPS) is 10.8. The lowest BCUT2D eigenvalue weighted by Gasteiger charge is -2.08. The molecule has 0 radical (unpaired) electrons. The second kappa shape index (κ2) is 4.72. The van der Waals surface area contributed by atoms with E-state index in [-0.39, 0.29) is 0 Å². The summed E-state index contributed by atoms with van der Waals surface area (Å²) in [6.07, 6.45) is 0. The van der Waals surface area contributed by atoms with Gasteiger partial charge in [-0.05, 0) is 30.2 Å². The molecule has 0 spiro atoms. The Labute approximate surface area is 106 Å². The van der Waals surface area contributed by atoms with Crippen molar-refractivity contribution in [3.8, 4) is 11.4 Å². The van der Waals surface area contributed by atoms with E-state index >= 15 is 0 Å². The van der Waals surface area contributed by atoms with Crippen LogP contribution in [0.15, 0.2) is 30.3 Å². The number of nitrogens with zero attached hydrogens (tertiary/aromatic N) is 2. The van der Waals surface area contributed by atoms with E-state index in [1.807, 2.05) is 30.3 Å². The number of benzene rings is 1. The van der Waals surface area contributed by atoms with Gasteiger partial charge in [0.15, 0.2) is 5.82 Å². The van der Waals surface area contributed by atoms with Crippen LogP contribution in [0.5, 0.6) is 0 Å². The number of rotatable bonds is 2. The molecular weight excluding hydrogens is 234 g/mol. The fraction of sp³-hybridized carbons (Fsp3) is 0.231. The molecule has 2 aromatic rings. The summed E-state index contributed by atoms with van der Waals surface area (Å²) >= 11 is 5.85.